The lowest BCUT2D eigenvalue weighted by Crippen LogP contribution is -2.23. The number of aryl methyl sites for hydroxylation is 3. The number of benzene rings is 1. The third-order valence-electron chi connectivity index (χ3n) is 6.68. The van der Waals surface area contributed by atoms with Gasteiger partial charge in [0.2, 0.25) is 5.89 Å². The number of nitrogens with zero attached hydrogens (tertiary/aromatic N) is 5. The average Bonchev–Trinajstić information content (AvgIpc) is 3.56. The zero-order valence-corrected chi connectivity index (χ0v) is 21.5. The highest BCUT2D eigenvalue weighted by Gasteiger charge is 2.26. The highest BCUT2D eigenvalue weighted by atomic mass is 16.3. The van der Waals surface area contributed by atoms with E-state index in [1.54, 1.807) is 26.1 Å². The highest BCUT2D eigenvalue weighted by Crippen LogP contribution is 2.34. The minimum Gasteiger partial charge on any atom is -0.444 e. The SMILES string of the molecule is Cc1cc(-c2nc(C(=O)Nc3cc4c(cc3N3CCC(O)C3)nc(CCC(C)(C)O)n4C)co2)ccn1. The second-order valence-corrected chi connectivity index (χ2v) is 10.3. The van der Waals surface area contributed by atoms with Crippen molar-refractivity contribution in [2.75, 3.05) is 23.3 Å². The number of oxazole rings is 1. The van der Waals surface area contributed by atoms with E-state index < -0.39 is 17.6 Å². The number of carbonyl (C=O) groups is 1. The summed E-state index contributed by atoms with van der Waals surface area (Å²) in [7, 11) is 1.93. The van der Waals surface area contributed by atoms with Gasteiger partial charge in [0.15, 0.2) is 5.69 Å². The zero-order valence-electron chi connectivity index (χ0n) is 21.5. The summed E-state index contributed by atoms with van der Waals surface area (Å²) in [6, 6.07) is 7.48. The van der Waals surface area contributed by atoms with E-state index in [9.17, 15) is 15.0 Å². The molecule has 10 nitrogen and oxygen atoms in total. The van der Waals surface area contributed by atoms with E-state index in [2.05, 4.69) is 20.2 Å². The molecule has 1 aromatic carbocycles. The highest BCUT2D eigenvalue weighted by molar-refractivity contribution is 6.06. The number of hydrogen-bond donors (Lipinski definition) is 3. The van der Waals surface area contributed by atoms with Crippen molar-refractivity contribution in [2.24, 2.45) is 7.05 Å². The first-order valence-corrected chi connectivity index (χ1v) is 12.4. The number of β-amino-alcohol motifs (C(OH)–C–C–N with tert-alkyl or cyclic N) is 1. The number of imidazole rings is 1. The van der Waals surface area contributed by atoms with Crippen LogP contribution in [-0.4, -0.2) is 60.4 Å². The monoisotopic (exact) mass is 504 g/mol. The molecule has 0 saturated carbocycles. The van der Waals surface area contributed by atoms with Gasteiger partial charge in [-0.2, -0.15) is 0 Å². The van der Waals surface area contributed by atoms with Crippen molar-refractivity contribution in [3.8, 4) is 11.5 Å². The maximum Gasteiger partial charge on any atom is 0.277 e. The van der Waals surface area contributed by atoms with Gasteiger partial charge in [0.25, 0.3) is 5.91 Å². The molecule has 0 bridgehead atoms. The predicted molar refractivity (Wildman–Crippen MR) is 141 cm³/mol. The second kappa shape index (κ2) is 9.60. The van der Waals surface area contributed by atoms with Crippen LogP contribution in [0.5, 0.6) is 0 Å². The first-order chi connectivity index (χ1) is 17.6. The Labute approximate surface area is 215 Å². The van der Waals surface area contributed by atoms with Crippen LogP contribution in [0.3, 0.4) is 0 Å². The average molecular weight is 505 g/mol. The van der Waals surface area contributed by atoms with Gasteiger partial charge >= 0.3 is 0 Å². The van der Waals surface area contributed by atoms with Gasteiger partial charge in [-0.1, -0.05) is 0 Å². The van der Waals surface area contributed by atoms with Gasteiger partial charge in [-0.3, -0.25) is 9.78 Å². The van der Waals surface area contributed by atoms with Gasteiger partial charge in [0.1, 0.15) is 12.1 Å². The quantitative estimate of drug-likeness (QED) is 0.349. The Morgan fingerprint density at radius 3 is 2.78 bits per heavy atom. The topological polar surface area (TPSA) is 130 Å². The van der Waals surface area contributed by atoms with Crippen molar-refractivity contribution in [2.45, 2.75) is 51.7 Å². The Bertz CT molecular complexity index is 1450. The molecule has 3 aromatic heterocycles. The zero-order chi connectivity index (χ0) is 26.3. The number of pyridine rings is 1. The lowest BCUT2D eigenvalue weighted by atomic mass is 10.0. The molecular formula is C27H32N6O4. The summed E-state index contributed by atoms with van der Waals surface area (Å²) >= 11 is 0. The van der Waals surface area contributed by atoms with Crippen LogP contribution >= 0.6 is 0 Å². The lowest BCUT2D eigenvalue weighted by molar-refractivity contribution is 0.0706. The van der Waals surface area contributed by atoms with Gasteiger partial charge in [-0.15, -0.1) is 0 Å². The fourth-order valence-electron chi connectivity index (χ4n) is 4.62. The van der Waals surface area contributed by atoms with E-state index >= 15 is 0 Å². The molecule has 4 aromatic rings. The number of rotatable bonds is 7. The summed E-state index contributed by atoms with van der Waals surface area (Å²) in [5.41, 5.74) is 3.98. The number of fused-ring (bicyclic) bond motifs is 1. The van der Waals surface area contributed by atoms with Crippen LogP contribution < -0.4 is 10.2 Å². The molecule has 194 valence electrons. The number of nitrogens with one attached hydrogen (secondary N) is 1. The molecule has 3 N–H and O–H groups in total. The Kier molecular flexibility index (Phi) is 6.47. The molecule has 1 aliphatic heterocycles. The van der Waals surface area contributed by atoms with Crippen LogP contribution in [0.25, 0.3) is 22.5 Å². The Morgan fingerprint density at radius 1 is 1.27 bits per heavy atom. The summed E-state index contributed by atoms with van der Waals surface area (Å²) in [5, 5.41) is 23.3. The summed E-state index contributed by atoms with van der Waals surface area (Å²) in [6.07, 6.45) is 4.44. The molecule has 1 aliphatic rings. The fourth-order valence-corrected chi connectivity index (χ4v) is 4.62. The van der Waals surface area contributed by atoms with Crippen LogP contribution in [0.2, 0.25) is 0 Å². The molecule has 4 heterocycles. The third-order valence-corrected chi connectivity index (χ3v) is 6.68. The molecular weight excluding hydrogens is 472 g/mol. The van der Waals surface area contributed by atoms with Gasteiger partial charge in [-0.25, -0.2) is 9.97 Å². The number of hydrogen-bond acceptors (Lipinski definition) is 8. The first kappa shape index (κ1) is 24.9. The molecule has 0 radical (unpaired) electrons. The normalized spacial score (nSPS) is 16.1. The Hall–Kier alpha value is -3.76. The van der Waals surface area contributed by atoms with Gasteiger partial charge in [0, 0.05) is 44.0 Å². The number of aromatic nitrogens is 4. The first-order valence-electron chi connectivity index (χ1n) is 12.4. The lowest BCUT2D eigenvalue weighted by Gasteiger charge is -2.22. The van der Waals surface area contributed by atoms with E-state index in [1.807, 2.05) is 36.7 Å². The van der Waals surface area contributed by atoms with Crippen molar-refractivity contribution in [1.29, 1.82) is 0 Å². The predicted octanol–water partition coefficient (Wildman–Crippen LogP) is 3.46. The molecule has 10 heteroatoms. The maximum atomic E-state index is 13.2. The maximum absolute atomic E-state index is 13.2. The summed E-state index contributed by atoms with van der Waals surface area (Å²) in [4.78, 5) is 28.7. The van der Waals surface area contributed by atoms with Crippen molar-refractivity contribution < 1.29 is 19.4 Å². The van der Waals surface area contributed by atoms with E-state index in [-0.39, 0.29) is 5.69 Å². The molecule has 1 amide bonds. The molecule has 1 unspecified atom stereocenters. The Balaban J connectivity index is 1.47. The number of anilines is 2. The summed E-state index contributed by atoms with van der Waals surface area (Å²) in [6.45, 7) is 6.59. The van der Waals surface area contributed by atoms with Crippen LogP contribution in [0.1, 0.15) is 48.7 Å². The van der Waals surface area contributed by atoms with Crippen molar-refractivity contribution in [3.05, 3.63) is 53.9 Å². The second-order valence-electron chi connectivity index (χ2n) is 10.3. The van der Waals surface area contributed by atoms with E-state index in [1.165, 1.54) is 6.26 Å². The number of aliphatic hydroxyl groups is 2. The van der Waals surface area contributed by atoms with E-state index in [0.29, 0.717) is 43.9 Å². The van der Waals surface area contributed by atoms with Crippen LogP contribution in [0.4, 0.5) is 11.4 Å². The van der Waals surface area contributed by atoms with Gasteiger partial charge in [-0.05, 0) is 57.9 Å². The molecule has 0 spiro atoms. The van der Waals surface area contributed by atoms with E-state index in [4.69, 9.17) is 9.40 Å². The van der Waals surface area contributed by atoms with Crippen LogP contribution in [-0.2, 0) is 13.5 Å². The molecule has 37 heavy (non-hydrogen) atoms. The minimum absolute atomic E-state index is 0.160. The third kappa shape index (κ3) is 5.35. The minimum atomic E-state index is -0.792. The smallest absolute Gasteiger partial charge is 0.277 e. The molecule has 5 rings (SSSR count). The van der Waals surface area contributed by atoms with E-state index in [0.717, 1.165) is 33.8 Å². The van der Waals surface area contributed by atoms with Crippen LogP contribution in [0, 0.1) is 6.92 Å². The summed E-state index contributed by atoms with van der Waals surface area (Å²) in [5.74, 6) is 0.796. The molecule has 1 saturated heterocycles. The number of aliphatic hydroxyl groups excluding tert-OH is 1. The molecule has 1 atom stereocenters. The van der Waals surface area contributed by atoms with Gasteiger partial charge < -0.3 is 29.4 Å². The van der Waals surface area contributed by atoms with Crippen molar-refractivity contribution >= 4 is 28.3 Å². The van der Waals surface area contributed by atoms with Gasteiger partial charge in [0.05, 0.1) is 34.1 Å². The van der Waals surface area contributed by atoms with Crippen LogP contribution in [0.15, 0.2) is 41.1 Å². The van der Waals surface area contributed by atoms with Crippen molar-refractivity contribution in [3.63, 3.8) is 0 Å². The number of carbonyl (C=O) groups excluding carboxylic acids is 1. The standard InChI is InChI=1S/C27H32N6O4/c1-16-11-17(6-9-28-16)26-31-21(15-37-26)25(35)30-20-12-22-19(13-23(20)33-10-7-18(34)14-33)29-24(32(22)4)5-8-27(2,3)36/h6,9,11-13,15,18,34,36H,5,7-8,10,14H2,1-4H3,(H,30,35). The fraction of sp³-hybridized carbons (Fsp3) is 0.407. The van der Waals surface area contributed by atoms with Crippen molar-refractivity contribution in [1.82, 2.24) is 19.5 Å². The Morgan fingerprint density at radius 2 is 2.08 bits per heavy atom. The molecule has 1 fully saturated rings. The molecule has 0 aliphatic carbocycles. The number of amides is 1. The largest absolute Gasteiger partial charge is 0.444 e. The summed E-state index contributed by atoms with van der Waals surface area (Å²) < 4.78 is 7.56.